The Bertz CT molecular complexity index is 778. The predicted octanol–water partition coefficient (Wildman–Crippen LogP) is 2.02. The molecule has 0 fully saturated rings. The standard InChI is InChI=1S/C19H23FN4O2/c1-13-4-7-17(21-9-13)23-19(26)12-24(3)11-18(25)22-10-15-6-5-14(2)16(20)8-15/h4-9H,10-12H2,1-3H3,(H,22,25)(H,21,23,26). The molecule has 0 atom stereocenters. The van der Waals surface area contributed by atoms with E-state index in [0.717, 1.165) is 5.56 Å². The number of benzene rings is 1. The number of halogens is 1. The van der Waals surface area contributed by atoms with Crippen LogP contribution in [0.2, 0.25) is 0 Å². The first kappa shape index (κ1) is 19.5. The van der Waals surface area contributed by atoms with E-state index in [1.165, 1.54) is 6.07 Å². The average Bonchev–Trinajstić information content (AvgIpc) is 2.57. The second kappa shape index (κ2) is 9.05. The minimum Gasteiger partial charge on any atom is -0.351 e. The van der Waals surface area contributed by atoms with Crippen molar-refractivity contribution in [3.8, 4) is 0 Å². The number of amides is 2. The summed E-state index contributed by atoms with van der Waals surface area (Å²) in [6.07, 6.45) is 1.67. The Morgan fingerprint density at radius 3 is 2.50 bits per heavy atom. The second-order valence-electron chi connectivity index (χ2n) is 6.30. The molecule has 0 aliphatic rings. The van der Waals surface area contributed by atoms with Crippen molar-refractivity contribution in [2.45, 2.75) is 20.4 Å². The molecule has 2 rings (SSSR count). The first-order valence-electron chi connectivity index (χ1n) is 8.26. The Morgan fingerprint density at radius 2 is 1.85 bits per heavy atom. The fraction of sp³-hybridized carbons (Fsp3) is 0.316. The average molecular weight is 358 g/mol. The summed E-state index contributed by atoms with van der Waals surface area (Å²) >= 11 is 0. The number of carbonyl (C=O) groups is 2. The van der Waals surface area contributed by atoms with Crippen LogP contribution in [0.1, 0.15) is 16.7 Å². The van der Waals surface area contributed by atoms with Gasteiger partial charge in [-0.1, -0.05) is 18.2 Å². The van der Waals surface area contributed by atoms with Crippen molar-refractivity contribution in [1.29, 1.82) is 0 Å². The molecule has 0 unspecified atom stereocenters. The molecule has 26 heavy (non-hydrogen) atoms. The van der Waals surface area contributed by atoms with E-state index >= 15 is 0 Å². The van der Waals surface area contributed by atoms with Crippen molar-refractivity contribution < 1.29 is 14.0 Å². The molecule has 0 saturated heterocycles. The predicted molar refractivity (Wildman–Crippen MR) is 98.1 cm³/mol. The van der Waals surface area contributed by atoms with Crippen LogP contribution in [0.5, 0.6) is 0 Å². The Labute approximate surface area is 152 Å². The summed E-state index contributed by atoms with van der Waals surface area (Å²) in [5.41, 5.74) is 2.26. The largest absolute Gasteiger partial charge is 0.351 e. The number of nitrogens with zero attached hydrogens (tertiary/aromatic N) is 2. The number of hydrogen-bond donors (Lipinski definition) is 2. The SMILES string of the molecule is Cc1ccc(NC(=O)CN(C)CC(=O)NCc2ccc(C)c(F)c2)nc1. The third-order valence-corrected chi connectivity index (χ3v) is 3.73. The maximum Gasteiger partial charge on any atom is 0.239 e. The maximum absolute atomic E-state index is 13.5. The lowest BCUT2D eigenvalue weighted by atomic mass is 10.1. The highest BCUT2D eigenvalue weighted by Crippen LogP contribution is 2.08. The second-order valence-corrected chi connectivity index (χ2v) is 6.30. The number of aromatic nitrogens is 1. The Balaban J connectivity index is 1.74. The number of pyridine rings is 1. The van der Waals surface area contributed by atoms with Gasteiger partial charge in [-0.25, -0.2) is 9.37 Å². The normalized spacial score (nSPS) is 10.7. The first-order valence-corrected chi connectivity index (χ1v) is 8.26. The van der Waals surface area contributed by atoms with Crippen LogP contribution >= 0.6 is 0 Å². The number of nitrogens with one attached hydrogen (secondary N) is 2. The summed E-state index contributed by atoms with van der Waals surface area (Å²) in [5, 5.41) is 5.39. The van der Waals surface area contributed by atoms with Crippen LogP contribution < -0.4 is 10.6 Å². The van der Waals surface area contributed by atoms with E-state index in [4.69, 9.17) is 0 Å². The van der Waals surface area contributed by atoms with Gasteiger partial charge in [0.1, 0.15) is 11.6 Å². The lowest BCUT2D eigenvalue weighted by Crippen LogP contribution is -2.38. The van der Waals surface area contributed by atoms with Gasteiger partial charge in [0.25, 0.3) is 0 Å². The van der Waals surface area contributed by atoms with Gasteiger partial charge in [0.15, 0.2) is 0 Å². The van der Waals surface area contributed by atoms with Crippen LogP contribution in [0, 0.1) is 19.7 Å². The molecule has 2 aromatic rings. The fourth-order valence-corrected chi connectivity index (χ4v) is 2.27. The topological polar surface area (TPSA) is 74.3 Å². The quantitative estimate of drug-likeness (QED) is 0.794. The van der Waals surface area contributed by atoms with Crippen molar-refractivity contribution in [3.05, 3.63) is 59.0 Å². The highest BCUT2D eigenvalue weighted by molar-refractivity contribution is 5.91. The van der Waals surface area contributed by atoms with E-state index in [1.807, 2.05) is 13.0 Å². The third kappa shape index (κ3) is 6.25. The Kier molecular flexibility index (Phi) is 6.80. The van der Waals surface area contributed by atoms with Crippen LogP contribution in [0.4, 0.5) is 10.2 Å². The number of hydrogen-bond acceptors (Lipinski definition) is 4. The van der Waals surface area contributed by atoms with E-state index in [9.17, 15) is 14.0 Å². The minimum atomic E-state index is -0.296. The molecule has 2 amide bonds. The maximum atomic E-state index is 13.5. The van der Waals surface area contributed by atoms with Gasteiger partial charge in [-0.05, 0) is 49.7 Å². The van der Waals surface area contributed by atoms with Gasteiger partial charge in [0.2, 0.25) is 11.8 Å². The molecule has 6 nitrogen and oxygen atoms in total. The van der Waals surface area contributed by atoms with Crippen LogP contribution in [0.15, 0.2) is 36.5 Å². The number of carbonyl (C=O) groups excluding carboxylic acids is 2. The number of rotatable bonds is 7. The zero-order chi connectivity index (χ0) is 19.1. The summed E-state index contributed by atoms with van der Waals surface area (Å²) in [4.78, 5) is 29.6. The lowest BCUT2D eigenvalue weighted by Gasteiger charge is -2.16. The number of anilines is 1. The molecule has 0 aliphatic carbocycles. The highest BCUT2D eigenvalue weighted by atomic mass is 19.1. The zero-order valence-electron chi connectivity index (χ0n) is 15.2. The van der Waals surface area contributed by atoms with Crippen molar-refractivity contribution in [1.82, 2.24) is 15.2 Å². The zero-order valence-corrected chi connectivity index (χ0v) is 15.2. The van der Waals surface area contributed by atoms with Crippen molar-refractivity contribution in [3.63, 3.8) is 0 Å². The molecule has 7 heteroatoms. The molecule has 138 valence electrons. The highest BCUT2D eigenvalue weighted by Gasteiger charge is 2.11. The fourth-order valence-electron chi connectivity index (χ4n) is 2.27. The van der Waals surface area contributed by atoms with Crippen molar-refractivity contribution in [2.24, 2.45) is 0 Å². The Hall–Kier alpha value is -2.80. The van der Waals surface area contributed by atoms with Gasteiger partial charge in [-0.3, -0.25) is 14.5 Å². The van der Waals surface area contributed by atoms with Gasteiger partial charge in [0.05, 0.1) is 13.1 Å². The van der Waals surface area contributed by atoms with Gasteiger partial charge in [-0.15, -0.1) is 0 Å². The summed E-state index contributed by atoms with van der Waals surface area (Å²) in [7, 11) is 1.67. The van der Waals surface area contributed by atoms with Gasteiger partial charge >= 0.3 is 0 Å². The molecular weight excluding hydrogens is 335 g/mol. The van der Waals surface area contributed by atoms with Crippen LogP contribution in [0.25, 0.3) is 0 Å². The van der Waals surface area contributed by atoms with E-state index in [1.54, 1.807) is 43.3 Å². The van der Waals surface area contributed by atoms with E-state index < -0.39 is 0 Å². The molecule has 2 N–H and O–H groups in total. The molecule has 0 saturated carbocycles. The number of likely N-dealkylation sites (N-methyl/N-ethyl adjacent to an activating group) is 1. The molecule has 1 heterocycles. The van der Waals surface area contributed by atoms with Gasteiger partial charge < -0.3 is 10.6 Å². The number of aryl methyl sites for hydroxylation is 2. The van der Waals surface area contributed by atoms with Crippen molar-refractivity contribution >= 4 is 17.6 Å². The van der Waals surface area contributed by atoms with Crippen LogP contribution in [0.3, 0.4) is 0 Å². The third-order valence-electron chi connectivity index (χ3n) is 3.73. The summed E-state index contributed by atoms with van der Waals surface area (Å²) in [5.74, 6) is -0.317. The van der Waals surface area contributed by atoms with Gasteiger partial charge in [0, 0.05) is 12.7 Å². The van der Waals surface area contributed by atoms with Gasteiger partial charge in [-0.2, -0.15) is 0 Å². The minimum absolute atomic E-state index is 0.0577. The molecule has 1 aromatic heterocycles. The van der Waals surface area contributed by atoms with E-state index in [-0.39, 0.29) is 37.3 Å². The molecular formula is C19H23FN4O2. The lowest BCUT2D eigenvalue weighted by molar-refractivity contribution is -0.123. The molecule has 0 bridgehead atoms. The Morgan fingerprint density at radius 1 is 1.12 bits per heavy atom. The monoisotopic (exact) mass is 358 g/mol. The van der Waals surface area contributed by atoms with Crippen LogP contribution in [-0.4, -0.2) is 41.8 Å². The first-order chi connectivity index (χ1) is 12.3. The molecule has 0 spiro atoms. The molecule has 0 aliphatic heterocycles. The summed E-state index contributed by atoms with van der Waals surface area (Å²) in [6, 6.07) is 8.42. The smallest absolute Gasteiger partial charge is 0.239 e. The van der Waals surface area contributed by atoms with E-state index in [2.05, 4.69) is 15.6 Å². The van der Waals surface area contributed by atoms with E-state index in [0.29, 0.717) is 16.9 Å². The molecule has 1 aromatic carbocycles. The van der Waals surface area contributed by atoms with Crippen LogP contribution in [-0.2, 0) is 16.1 Å². The molecule has 0 radical (unpaired) electrons. The van der Waals surface area contributed by atoms with Crippen molar-refractivity contribution in [2.75, 3.05) is 25.5 Å². The summed E-state index contributed by atoms with van der Waals surface area (Å²) < 4.78 is 13.5. The summed E-state index contributed by atoms with van der Waals surface area (Å²) in [6.45, 7) is 3.95.